The maximum Gasteiger partial charge on any atom is 0.0737 e. The normalized spacial score (nSPS) is 10.9. The Balaban J connectivity index is 1.74. The van der Waals surface area contributed by atoms with Crippen molar-refractivity contribution in [1.29, 1.82) is 0 Å². The first-order valence-electron chi connectivity index (χ1n) is 6.49. The van der Waals surface area contributed by atoms with E-state index in [0.29, 0.717) is 5.02 Å². The van der Waals surface area contributed by atoms with Crippen molar-refractivity contribution in [1.82, 2.24) is 14.8 Å². The van der Waals surface area contributed by atoms with E-state index < -0.39 is 0 Å². The Labute approximate surface area is 122 Å². The average Bonchev–Trinajstić information content (AvgIpc) is 2.84. The molecular weight excluding hydrogens is 272 g/mol. The monoisotopic (exact) mass is 286 g/mol. The topological polar surface area (TPSA) is 42.7 Å². The molecule has 0 aliphatic carbocycles. The van der Waals surface area contributed by atoms with Gasteiger partial charge in [-0.05, 0) is 30.3 Å². The fraction of sp³-hybridized carbons (Fsp3) is 0.200. The highest BCUT2D eigenvalue weighted by Crippen LogP contribution is 2.24. The number of nitrogens with one attached hydrogen (secondary N) is 1. The molecule has 0 saturated heterocycles. The smallest absolute Gasteiger partial charge is 0.0737 e. The van der Waals surface area contributed by atoms with Gasteiger partial charge in [0, 0.05) is 48.5 Å². The summed E-state index contributed by atoms with van der Waals surface area (Å²) in [6, 6.07) is 9.77. The molecular formula is C15H15ClN4. The lowest BCUT2D eigenvalue weighted by atomic mass is 10.2. The van der Waals surface area contributed by atoms with E-state index in [9.17, 15) is 0 Å². The van der Waals surface area contributed by atoms with Gasteiger partial charge in [-0.2, -0.15) is 5.10 Å². The van der Waals surface area contributed by atoms with Gasteiger partial charge in [-0.15, -0.1) is 0 Å². The molecule has 0 aliphatic rings. The van der Waals surface area contributed by atoms with Crippen LogP contribution in [-0.4, -0.2) is 21.3 Å². The van der Waals surface area contributed by atoms with Crippen LogP contribution in [0.4, 0.5) is 5.69 Å². The molecule has 0 amide bonds. The zero-order chi connectivity index (χ0) is 13.9. The first kappa shape index (κ1) is 12.9. The molecule has 3 aromatic rings. The molecule has 4 nitrogen and oxygen atoms in total. The Morgan fingerprint density at radius 3 is 2.95 bits per heavy atom. The summed E-state index contributed by atoms with van der Waals surface area (Å²) in [4.78, 5) is 4.33. The van der Waals surface area contributed by atoms with Gasteiger partial charge in [0.05, 0.1) is 11.2 Å². The summed E-state index contributed by atoms with van der Waals surface area (Å²) >= 11 is 5.99. The number of pyridine rings is 1. The van der Waals surface area contributed by atoms with Crippen LogP contribution in [0.1, 0.15) is 5.69 Å². The third kappa shape index (κ3) is 2.75. The molecule has 0 radical (unpaired) electrons. The first-order chi connectivity index (χ1) is 9.72. The molecule has 0 spiro atoms. The Morgan fingerprint density at radius 2 is 2.15 bits per heavy atom. The molecule has 1 N–H and O–H groups in total. The third-order valence-corrected chi connectivity index (χ3v) is 3.41. The lowest BCUT2D eigenvalue weighted by Crippen LogP contribution is -2.06. The fourth-order valence-corrected chi connectivity index (χ4v) is 2.36. The van der Waals surface area contributed by atoms with Crippen molar-refractivity contribution in [2.45, 2.75) is 6.42 Å². The van der Waals surface area contributed by atoms with E-state index in [1.54, 1.807) is 6.20 Å². The van der Waals surface area contributed by atoms with Gasteiger partial charge in [0.1, 0.15) is 0 Å². The highest BCUT2D eigenvalue weighted by Gasteiger charge is 2.03. The number of nitrogens with zero attached hydrogens (tertiary/aromatic N) is 3. The zero-order valence-electron chi connectivity index (χ0n) is 11.2. The quantitative estimate of drug-likeness (QED) is 0.800. The van der Waals surface area contributed by atoms with E-state index in [-0.39, 0.29) is 0 Å². The second kappa shape index (κ2) is 5.51. The lowest BCUT2D eigenvalue weighted by molar-refractivity contribution is 0.742. The van der Waals surface area contributed by atoms with Crippen LogP contribution in [-0.2, 0) is 13.5 Å². The predicted molar refractivity (Wildman–Crippen MR) is 82.2 cm³/mol. The second-order valence-corrected chi connectivity index (χ2v) is 5.11. The Morgan fingerprint density at radius 1 is 1.25 bits per heavy atom. The minimum Gasteiger partial charge on any atom is -0.384 e. The lowest BCUT2D eigenvalue weighted by Gasteiger charge is -2.08. The van der Waals surface area contributed by atoms with Crippen LogP contribution in [0.15, 0.2) is 42.7 Å². The number of aryl methyl sites for hydroxylation is 1. The van der Waals surface area contributed by atoms with Crippen molar-refractivity contribution in [3.05, 3.63) is 53.4 Å². The molecule has 0 atom stereocenters. The van der Waals surface area contributed by atoms with Crippen LogP contribution in [0, 0.1) is 0 Å². The van der Waals surface area contributed by atoms with Gasteiger partial charge in [0.15, 0.2) is 0 Å². The van der Waals surface area contributed by atoms with Gasteiger partial charge in [-0.25, -0.2) is 0 Å². The number of hydrogen-bond donors (Lipinski definition) is 1. The molecule has 0 aliphatic heterocycles. The van der Waals surface area contributed by atoms with Gasteiger partial charge in [0.2, 0.25) is 0 Å². The number of hydrogen-bond acceptors (Lipinski definition) is 3. The van der Waals surface area contributed by atoms with E-state index in [2.05, 4.69) is 15.4 Å². The van der Waals surface area contributed by atoms with Crippen molar-refractivity contribution in [2.75, 3.05) is 11.9 Å². The summed E-state index contributed by atoms with van der Waals surface area (Å²) in [5.41, 5.74) is 3.06. The van der Waals surface area contributed by atoms with Crippen LogP contribution < -0.4 is 5.32 Å². The molecule has 0 bridgehead atoms. The molecule has 0 saturated carbocycles. The van der Waals surface area contributed by atoms with E-state index >= 15 is 0 Å². The summed E-state index contributed by atoms with van der Waals surface area (Å²) < 4.78 is 1.82. The van der Waals surface area contributed by atoms with E-state index in [4.69, 9.17) is 11.6 Å². The van der Waals surface area contributed by atoms with Gasteiger partial charge >= 0.3 is 0 Å². The van der Waals surface area contributed by atoms with Crippen LogP contribution in [0.2, 0.25) is 5.02 Å². The average molecular weight is 287 g/mol. The minimum absolute atomic E-state index is 0.704. The van der Waals surface area contributed by atoms with Crippen molar-refractivity contribution in [3.63, 3.8) is 0 Å². The maximum atomic E-state index is 5.99. The number of aromatic nitrogens is 3. The highest BCUT2D eigenvalue weighted by atomic mass is 35.5. The number of halogens is 1. The first-order valence-corrected chi connectivity index (χ1v) is 6.87. The van der Waals surface area contributed by atoms with Crippen molar-refractivity contribution in [2.24, 2.45) is 7.05 Å². The molecule has 0 unspecified atom stereocenters. The second-order valence-electron chi connectivity index (χ2n) is 4.68. The van der Waals surface area contributed by atoms with Crippen molar-refractivity contribution in [3.8, 4) is 0 Å². The van der Waals surface area contributed by atoms with Gasteiger partial charge < -0.3 is 5.32 Å². The third-order valence-electron chi connectivity index (χ3n) is 3.17. The molecule has 3 rings (SSSR count). The molecule has 2 aromatic heterocycles. The maximum absolute atomic E-state index is 5.99. The predicted octanol–water partition coefficient (Wildman–Crippen LogP) is 3.28. The van der Waals surface area contributed by atoms with Crippen molar-refractivity contribution >= 4 is 28.2 Å². The van der Waals surface area contributed by atoms with E-state index in [1.165, 1.54) is 0 Å². The minimum atomic E-state index is 0.704. The summed E-state index contributed by atoms with van der Waals surface area (Å²) in [7, 11) is 1.93. The number of anilines is 1. The van der Waals surface area contributed by atoms with E-state index in [1.807, 2.05) is 48.3 Å². The largest absolute Gasteiger partial charge is 0.384 e. The van der Waals surface area contributed by atoms with Crippen LogP contribution in [0.25, 0.3) is 10.9 Å². The van der Waals surface area contributed by atoms with Gasteiger partial charge in [-0.3, -0.25) is 9.67 Å². The molecule has 1 aromatic carbocycles. The summed E-state index contributed by atoms with van der Waals surface area (Å²) in [5.74, 6) is 0. The van der Waals surface area contributed by atoms with Crippen LogP contribution in [0.5, 0.6) is 0 Å². The Kier molecular flexibility index (Phi) is 3.56. The Bertz CT molecular complexity index is 736. The molecule has 5 heteroatoms. The summed E-state index contributed by atoms with van der Waals surface area (Å²) in [6.07, 6.45) is 4.64. The Hall–Kier alpha value is -2.07. The summed E-state index contributed by atoms with van der Waals surface area (Å²) in [5, 5.41) is 9.58. The highest BCUT2D eigenvalue weighted by molar-refractivity contribution is 6.31. The van der Waals surface area contributed by atoms with Crippen LogP contribution >= 0.6 is 11.6 Å². The number of benzene rings is 1. The fourth-order valence-electron chi connectivity index (χ4n) is 2.20. The van der Waals surface area contributed by atoms with Gasteiger partial charge in [0.25, 0.3) is 0 Å². The molecule has 2 heterocycles. The summed E-state index contributed by atoms with van der Waals surface area (Å²) in [6.45, 7) is 0.832. The van der Waals surface area contributed by atoms with Crippen LogP contribution in [0.3, 0.4) is 0 Å². The SMILES string of the molecule is Cn1ccc(CCNc2ccnc3cc(Cl)ccc23)n1. The van der Waals surface area contributed by atoms with Crippen molar-refractivity contribution < 1.29 is 0 Å². The number of rotatable bonds is 4. The van der Waals surface area contributed by atoms with E-state index in [0.717, 1.165) is 35.2 Å². The molecule has 20 heavy (non-hydrogen) atoms. The zero-order valence-corrected chi connectivity index (χ0v) is 11.9. The molecule has 102 valence electrons. The number of fused-ring (bicyclic) bond motifs is 1. The standard InChI is InChI=1S/C15H15ClN4/c1-20-9-6-12(19-20)4-7-17-14-5-8-18-15-10-11(16)2-3-13(14)15/h2-3,5-6,8-10H,4,7H2,1H3,(H,17,18). The van der Waals surface area contributed by atoms with Gasteiger partial charge in [-0.1, -0.05) is 11.6 Å². The molecule has 0 fully saturated rings.